The molecule has 2 aliphatic rings. The summed E-state index contributed by atoms with van der Waals surface area (Å²) in [5.41, 5.74) is 0. The third-order valence-corrected chi connectivity index (χ3v) is 5.20. The van der Waals surface area contributed by atoms with Crippen LogP contribution in [0.3, 0.4) is 0 Å². The Morgan fingerprint density at radius 1 is 1.29 bits per heavy atom. The summed E-state index contributed by atoms with van der Waals surface area (Å²) in [4.78, 5) is 21.0. The van der Waals surface area contributed by atoms with E-state index in [-0.39, 0.29) is 23.7 Å². The summed E-state index contributed by atoms with van der Waals surface area (Å²) < 4.78 is 0. The van der Waals surface area contributed by atoms with Crippen molar-refractivity contribution in [1.82, 2.24) is 25.0 Å². The number of rotatable bonds is 6. The molecule has 1 amide bonds. The van der Waals surface area contributed by atoms with Gasteiger partial charge in [0.1, 0.15) is 5.82 Å². The lowest BCUT2D eigenvalue weighted by molar-refractivity contribution is -0.134. The number of aliphatic hydroxyl groups excluding tert-OH is 1. The number of piperidine rings is 1. The first-order valence-corrected chi connectivity index (χ1v) is 9.19. The summed E-state index contributed by atoms with van der Waals surface area (Å²) >= 11 is 5.68. The predicted molar refractivity (Wildman–Crippen MR) is 90.7 cm³/mol. The summed E-state index contributed by atoms with van der Waals surface area (Å²) in [6, 6.07) is 0. The van der Waals surface area contributed by atoms with Crippen LogP contribution in [0.5, 0.6) is 0 Å². The standard InChI is InChI=1S/C16H26ClN5O2/c17-16-18-14(19-20-16)3-4-15(24)22-9-12(7-13(10-22)11-23)8-21-5-1-2-6-21/h12-13,23H,1-11H2,(H,18,19,20)/t12-,13-/m1/s1. The third kappa shape index (κ3) is 4.68. The van der Waals surface area contributed by atoms with Gasteiger partial charge in [-0.2, -0.15) is 0 Å². The topological polar surface area (TPSA) is 85.3 Å². The Morgan fingerprint density at radius 3 is 2.71 bits per heavy atom. The number of nitrogens with one attached hydrogen (secondary N) is 1. The Labute approximate surface area is 147 Å². The maximum Gasteiger partial charge on any atom is 0.242 e. The van der Waals surface area contributed by atoms with Gasteiger partial charge < -0.3 is 14.9 Å². The first-order valence-electron chi connectivity index (χ1n) is 8.82. The van der Waals surface area contributed by atoms with Crippen molar-refractivity contribution in [3.63, 3.8) is 0 Å². The number of amides is 1. The lowest BCUT2D eigenvalue weighted by atomic mass is 9.89. The van der Waals surface area contributed by atoms with Crippen molar-refractivity contribution < 1.29 is 9.90 Å². The first-order chi connectivity index (χ1) is 11.6. The minimum absolute atomic E-state index is 0.118. The number of aromatic amines is 1. The SMILES string of the molecule is O=C(CCc1nc(Cl)n[nH]1)N1C[C@H](CO)C[C@H](CN2CCCC2)C1. The average Bonchev–Trinajstić information content (AvgIpc) is 3.24. The Balaban J connectivity index is 1.52. The fourth-order valence-corrected chi connectivity index (χ4v) is 4.03. The van der Waals surface area contributed by atoms with Crippen molar-refractivity contribution >= 4 is 17.5 Å². The van der Waals surface area contributed by atoms with E-state index in [2.05, 4.69) is 20.1 Å². The molecule has 7 nitrogen and oxygen atoms in total. The summed E-state index contributed by atoms with van der Waals surface area (Å²) in [6.07, 6.45) is 4.46. The number of aryl methyl sites for hydroxylation is 1. The molecular formula is C16H26ClN5O2. The van der Waals surface area contributed by atoms with Crippen molar-refractivity contribution in [1.29, 1.82) is 0 Å². The van der Waals surface area contributed by atoms with Crippen LogP contribution in [0, 0.1) is 11.8 Å². The van der Waals surface area contributed by atoms with Gasteiger partial charge in [-0.25, -0.2) is 4.98 Å². The zero-order valence-electron chi connectivity index (χ0n) is 14.0. The summed E-state index contributed by atoms with van der Waals surface area (Å²) in [5.74, 6) is 1.40. The van der Waals surface area contributed by atoms with Crippen LogP contribution >= 0.6 is 11.6 Å². The molecule has 2 atom stereocenters. The first kappa shape index (κ1) is 17.6. The summed E-state index contributed by atoms with van der Waals surface area (Å²) in [5, 5.41) is 16.3. The van der Waals surface area contributed by atoms with E-state index in [1.165, 1.54) is 25.9 Å². The zero-order chi connectivity index (χ0) is 16.9. The maximum atomic E-state index is 12.6. The molecule has 134 valence electrons. The largest absolute Gasteiger partial charge is 0.396 e. The normalized spacial score (nSPS) is 25.3. The van der Waals surface area contributed by atoms with Crippen LogP contribution in [0.2, 0.25) is 5.28 Å². The molecule has 0 bridgehead atoms. The molecule has 0 aromatic carbocycles. The van der Waals surface area contributed by atoms with Crippen LogP contribution in [0.25, 0.3) is 0 Å². The highest BCUT2D eigenvalue weighted by Gasteiger charge is 2.31. The van der Waals surface area contributed by atoms with Crippen LogP contribution in [0.4, 0.5) is 0 Å². The van der Waals surface area contributed by atoms with Gasteiger partial charge in [0.25, 0.3) is 0 Å². The molecule has 1 aromatic rings. The second-order valence-electron chi connectivity index (χ2n) is 7.01. The molecular weight excluding hydrogens is 330 g/mol. The molecule has 24 heavy (non-hydrogen) atoms. The highest BCUT2D eigenvalue weighted by atomic mass is 35.5. The Morgan fingerprint density at radius 2 is 2.04 bits per heavy atom. The summed E-state index contributed by atoms with van der Waals surface area (Å²) in [7, 11) is 0. The number of hydrogen-bond acceptors (Lipinski definition) is 5. The van der Waals surface area contributed by atoms with E-state index < -0.39 is 0 Å². The average molecular weight is 356 g/mol. The van der Waals surface area contributed by atoms with Gasteiger partial charge in [0.2, 0.25) is 11.2 Å². The van der Waals surface area contributed by atoms with Gasteiger partial charge in [-0.15, -0.1) is 5.10 Å². The van der Waals surface area contributed by atoms with Crippen LogP contribution < -0.4 is 0 Å². The van der Waals surface area contributed by atoms with Crippen molar-refractivity contribution in [2.24, 2.45) is 11.8 Å². The summed E-state index contributed by atoms with van der Waals surface area (Å²) in [6.45, 7) is 4.98. The number of hydrogen-bond donors (Lipinski definition) is 2. The second-order valence-corrected chi connectivity index (χ2v) is 7.35. The van der Waals surface area contributed by atoms with Gasteiger partial charge in [-0.1, -0.05) is 0 Å². The number of H-pyrrole nitrogens is 1. The number of carbonyl (C=O) groups is 1. The van der Waals surface area contributed by atoms with E-state index in [9.17, 15) is 9.90 Å². The molecule has 8 heteroatoms. The molecule has 0 spiro atoms. The van der Waals surface area contributed by atoms with Gasteiger partial charge in [-0.3, -0.25) is 9.89 Å². The van der Waals surface area contributed by atoms with Crippen molar-refractivity contribution in [2.75, 3.05) is 39.3 Å². The lowest BCUT2D eigenvalue weighted by Crippen LogP contribution is -2.47. The van der Waals surface area contributed by atoms with Crippen LogP contribution in [-0.2, 0) is 11.2 Å². The van der Waals surface area contributed by atoms with E-state index in [4.69, 9.17) is 11.6 Å². The van der Waals surface area contributed by atoms with Gasteiger partial charge in [0.05, 0.1) is 0 Å². The lowest BCUT2D eigenvalue weighted by Gasteiger charge is -2.38. The molecule has 0 radical (unpaired) electrons. The van der Waals surface area contributed by atoms with Crippen LogP contribution in [0.15, 0.2) is 0 Å². The smallest absolute Gasteiger partial charge is 0.242 e. The molecule has 2 N–H and O–H groups in total. The molecule has 0 aliphatic carbocycles. The maximum absolute atomic E-state index is 12.6. The van der Waals surface area contributed by atoms with E-state index in [1.54, 1.807) is 0 Å². The monoisotopic (exact) mass is 355 g/mol. The molecule has 0 unspecified atom stereocenters. The van der Waals surface area contributed by atoms with E-state index >= 15 is 0 Å². The van der Waals surface area contributed by atoms with Gasteiger partial charge >= 0.3 is 0 Å². The van der Waals surface area contributed by atoms with Crippen LogP contribution in [-0.4, -0.2) is 75.3 Å². The molecule has 1 aromatic heterocycles. The van der Waals surface area contributed by atoms with Crippen molar-refractivity contribution in [3.8, 4) is 0 Å². The quantitative estimate of drug-likeness (QED) is 0.793. The zero-order valence-corrected chi connectivity index (χ0v) is 14.7. The Bertz CT molecular complexity index is 546. The molecule has 0 saturated carbocycles. The van der Waals surface area contributed by atoms with Crippen molar-refractivity contribution in [3.05, 3.63) is 11.1 Å². The van der Waals surface area contributed by atoms with Gasteiger partial charge in [0.15, 0.2) is 0 Å². The van der Waals surface area contributed by atoms with Gasteiger partial charge in [0, 0.05) is 39.1 Å². The van der Waals surface area contributed by atoms with E-state index in [0.717, 1.165) is 19.5 Å². The number of aliphatic hydroxyl groups is 1. The highest BCUT2D eigenvalue weighted by Crippen LogP contribution is 2.24. The van der Waals surface area contributed by atoms with E-state index in [0.29, 0.717) is 31.1 Å². The number of likely N-dealkylation sites (tertiary alicyclic amines) is 2. The number of nitrogens with zero attached hydrogens (tertiary/aromatic N) is 4. The minimum Gasteiger partial charge on any atom is -0.396 e. The highest BCUT2D eigenvalue weighted by molar-refractivity contribution is 6.28. The van der Waals surface area contributed by atoms with Gasteiger partial charge in [-0.05, 0) is 55.8 Å². The molecule has 2 aliphatic heterocycles. The van der Waals surface area contributed by atoms with Crippen LogP contribution in [0.1, 0.15) is 31.5 Å². The number of carbonyl (C=O) groups excluding carboxylic acids is 1. The molecule has 3 rings (SSSR count). The minimum atomic E-state index is 0.118. The number of aromatic nitrogens is 3. The fraction of sp³-hybridized carbons (Fsp3) is 0.812. The predicted octanol–water partition coefficient (Wildman–Crippen LogP) is 0.943. The Hall–Kier alpha value is -1.18. The molecule has 3 heterocycles. The van der Waals surface area contributed by atoms with Crippen molar-refractivity contribution in [2.45, 2.75) is 32.1 Å². The second kappa shape index (κ2) is 8.27. The molecule has 2 fully saturated rings. The molecule has 2 saturated heterocycles. The number of halogens is 1. The Kier molecular flexibility index (Phi) is 6.08. The fourth-order valence-electron chi connectivity index (χ4n) is 3.88. The third-order valence-electron chi connectivity index (χ3n) is 5.03. The van der Waals surface area contributed by atoms with E-state index in [1.807, 2.05) is 4.90 Å².